The minimum atomic E-state index is -1.54. The second kappa shape index (κ2) is 10.2. The first-order valence-electron chi connectivity index (χ1n) is 12.3. The minimum absolute atomic E-state index is 0.0412. The maximum atomic E-state index is 12.5. The average molecular weight is 518 g/mol. The Morgan fingerprint density at radius 2 is 1.61 bits per heavy atom. The summed E-state index contributed by atoms with van der Waals surface area (Å²) >= 11 is 6.00. The van der Waals surface area contributed by atoms with Crippen molar-refractivity contribution < 1.29 is 8.84 Å². The third kappa shape index (κ3) is 5.41. The number of halogens is 1. The highest BCUT2D eigenvalue weighted by Crippen LogP contribution is 2.44. The molecule has 36 heavy (non-hydrogen) atoms. The molecule has 4 aromatic rings. The molecule has 0 spiro atoms. The van der Waals surface area contributed by atoms with Crippen LogP contribution < -0.4 is 16.1 Å². The first-order valence-corrected chi connectivity index (χ1v) is 14.1. The Labute approximate surface area is 218 Å². The van der Waals surface area contributed by atoms with Gasteiger partial charge in [0.2, 0.25) is 5.89 Å². The van der Waals surface area contributed by atoms with Crippen molar-refractivity contribution in [3.8, 4) is 0 Å². The van der Waals surface area contributed by atoms with Gasteiger partial charge in [0.1, 0.15) is 6.61 Å². The normalized spacial score (nSPS) is 17.8. The lowest BCUT2D eigenvalue weighted by Crippen LogP contribution is -2.45. The molecule has 5 nitrogen and oxygen atoms in total. The van der Waals surface area contributed by atoms with Crippen LogP contribution in [0.1, 0.15) is 62.6 Å². The van der Waals surface area contributed by atoms with Crippen LogP contribution in [-0.2, 0) is 16.4 Å². The number of nitrogens with zero attached hydrogens (tertiary/aromatic N) is 2. The summed E-state index contributed by atoms with van der Waals surface area (Å²) in [6.07, 6.45) is 1.71. The minimum Gasteiger partial charge on any atom is -0.398 e. The van der Waals surface area contributed by atoms with E-state index in [-0.39, 0.29) is 18.1 Å². The highest BCUT2D eigenvalue weighted by Gasteiger charge is 2.34. The largest absolute Gasteiger partial charge is 0.437 e. The molecule has 1 fully saturated rings. The van der Waals surface area contributed by atoms with E-state index in [0.29, 0.717) is 11.8 Å². The molecule has 185 valence electrons. The lowest BCUT2D eigenvalue weighted by Gasteiger charge is -2.34. The molecule has 1 aliphatic rings. The Morgan fingerprint density at radius 3 is 2.25 bits per heavy atom. The second-order valence-electron chi connectivity index (χ2n) is 10.4. The molecular weight excluding hydrogens is 488 g/mol. The highest BCUT2D eigenvalue weighted by molar-refractivity contribution is 6.80. The Kier molecular flexibility index (Phi) is 7.02. The van der Waals surface area contributed by atoms with Crippen molar-refractivity contribution in [3.63, 3.8) is 0 Å². The summed E-state index contributed by atoms with van der Waals surface area (Å²) in [6.45, 7) is 6.78. The van der Waals surface area contributed by atoms with Crippen LogP contribution in [0.15, 0.2) is 88.1 Å². The molecular formula is C29H30ClN2O3Si. The van der Waals surface area contributed by atoms with Gasteiger partial charge in [0.25, 0.3) is 9.04 Å². The van der Waals surface area contributed by atoms with Crippen molar-refractivity contribution in [2.45, 2.75) is 57.6 Å². The van der Waals surface area contributed by atoms with Gasteiger partial charge in [-0.2, -0.15) is 4.68 Å². The first-order chi connectivity index (χ1) is 17.3. The third-order valence-electron chi connectivity index (χ3n) is 6.80. The SMILES string of the molecule is CC(C)(C)c1ccc([Si](OCc2nn(C3CC(c4ccc(Cl)cc4)C3)c(=O)o2)c2ccccc2)cc1. The van der Waals surface area contributed by atoms with Crippen molar-refractivity contribution in [1.29, 1.82) is 0 Å². The number of rotatable bonds is 7. The van der Waals surface area contributed by atoms with E-state index in [0.717, 1.165) is 28.2 Å². The molecule has 1 radical (unpaired) electrons. The number of benzene rings is 3. The van der Waals surface area contributed by atoms with Crippen LogP contribution in [0, 0.1) is 0 Å². The molecule has 0 saturated heterocycles. The van der Waals surface area contributed by atoms with E-state index in [2.05, 4.69) is 74.4 Å². The molecule has 1 saturated carbocycles. The Hall–Kier alpha value is -2.93. The topological polar surface area (TPSA) is 57.3 Å². The molecule has 0 aliphatic heterocycles. The van der Waals surface area contributed by atoms with Crippen molar-refractivity contribution in [3.05, 3.63) is 111 Å². The van der Waals surface area contributed by atoms with Gasteiger partial charge in [-0.3, -0.25) is 0 Å². The Balaban J connectivity index is 1.29. The summed E-state index contributed by atoms with van der Waals surface area (Å²) in [4.78, 5) is 12.5. The maximum absolute atomic E-state index is 12.5. The predicted octanol–water partition coefficient (Wildman–Crippen LogP) is 5.23. The molecule has 7 heteroatoms. The Morgan fingerprint density at radius 1 is 0.972 bits per heavy atom. The molecule has 3 aromatic carbocycles. The van der Waals surface area contributed by atoms with Gasteiger partial charge in [0.05, 0.1) is 6.04 Å². The van der Waals surface area contributed by atoms with Crippen LogP contribution in [0.2, 0.25) is 5.02 Å². The fourth-order valence-electron chi connectivity index (χ4n) is 4.59. The maximum Gasteiger partial charge on any atom is 0.437 e. The molecule has 0 amide bonds. The van der Waals surface area contributed by atoms with Crippen LogP contribution >= 0.6 is 11.6 Å². The van der Waals surface area contributed by atoms with Crippen LogP contribution in [-0.4, -0.2) is 18.8 Å². The van der Waals surface area contributed by atoms with Gasteiger partial charge in [0, 0.05) is 5.02 Å². The molecule has 1 aromatic heterocycles. The second-order valence-corrected chi connectivity index (χ2v) is 12.9. The quantitative estimate of drug-likeness (QED) is 0.315. The van der Waals surface area contributed by atoms with E-state index in [1.54, 1.807) is 0 Å². The van der Waals surface area contributed by atoms with E-state index in [1.165, 1.54) is 15.8 Å². The standard InChI is InChI=1S/C29H30ClN2O3Si/c1-29(2,3)22-11-15-26(16-12-22)36(25-7-5-4-6-8-25)34-19-27-31-32(28(33)35-27)24-17-21(18-24)20-9-13-23(30)14-10-20/h4-16,21,24H,17-19H2,1-3H3. The summed E-state index contributed by atoms with van der Waals surface area (Å²) in [5.41, 5.74) is 2.61. The number of hydrogen-bond donors (Lipinski definition) is 0. The molecule has 1 heterocycles. The molecule has 1 aliphatic carbocycles. The van der Waals surface area contributed by atoms with Crippen LogP contribution in [0.25, 0.3) is 0 Å². The van der Waals surface area contributed by atoms with E-state index >= 15 is 0 Å². The van der Waals surface area contributed by atoms with Crippen LogP contribution in [0.3, 0.4) is 0 Å². The smallest absolute Gasteiger partial charge is 0.398 e. The zero-order chi connectivity index (χ0) is 25.3. The molecule has 0 unspecified atom stereocenters. The predicted molar refractivity (Wildman–Crippen MR) is 145 cm³/mol. The van der Waals surface area contributed by atoms with Crippen molar-refractivity contribution in [1.82, 2.24) is 9.78 Å². The fourth-order valence-corrected chi connectivity index (χ4v) is 6.62. The summed E-state index contributed by atoms with van der Waals surface area (Å²) in [5.74, 6) is 0.301. The molecule has 0 bridgehead atoms. The molecule has 0 atom stereocenters. The summed E-state index contributed by atoms with van der Waals surface area (Å²) in [7, 11) is -1.54. The summed E-state index contributed by atoms with van der Waals surface area (Å²) < 4.78 is 13.4. The zero-order valence-corrected chi connectivity index (χ0v) is 22.5. The van der Waals surface area contributed by atoms with Crippen molar-refractivity contribution in [2.24, 2.45) is 0 Å². The average Bonchev–Trinajstić information content (AvgIpc) is 3.20. The number of hydrogen-bond acceptors (Lipinski definition) is 4. The first kappa shape index (κ1) is 24.7. The van der Waals surface area contributed by atoms with Gasteiger partial charge >= 0.3 is 5.76 Å². The van der Waals surface area contributed by atoms with Crippen molar-refractivity contribution >= 4 is 31.0 Å². The Bertz CT molecular complexity index is 1350. The monoisotopic (exact) mass is 517 g/mol. The van der Waals surface area contributed by atoms with E-state index in [4.69, 9.17) is 20.4 Å². The molecule has 5 rings (SSSR count). The van der Waals surface area contributed by atoms with Gasteiger partial charge in [-0.25, -0.2) is 4.79 Å². The van der Waals surface area contributed by atoms with E-state index in [1.807, 2.05) is 30.3 Å². The summed E-state index contributed by atoms with van der Waals surface area (Å²) in [6, 6.07) is 26.8. The lowest BCUT2D eigenvalue weighted by atomic mass is 9.76. The van der Waals surface area contributed by atoms with Gasteiger partial charge in [-0.05, 0) is 57.8 Å². The van der Waals surface area contributed by atoms with Gasteiger partial charge < -0.3 is 8.84 Å². The van der Waals surface area contributed by atoms with Gasteiger partial charge in [-0.1, -0.05) is 99.1 Å². The van der Waals surface area contributed by atoms with Crippen LogP contribution in [0.5, 0.6) is 0 Å². The lowest BCUT2D eigenvalue weighted by molar-refractivity contribution is 0.233. The van der Waals surface area contributed by atoms with Crippen LogP contribution in [0.4, 0.5) is 0 Å². The molecule has 0 N–H and O–H groups in total. The highest BCUT2D eigenvalue weighted by atomic mass is 35.5. The van der Waals surface area contributed by atoms with E-state index in [9.17, 15) is 4.79 Å². The van der Waals surface area contributed by atoms with E-state index < -0.39 is 14.8 Å². The fraction of sp³-hybridized carbons (Fsp3) is 0.310. The van der Waals surface area contributed by atoms with Gasteiger partial charge in [-0.15, -0.1) is 5.10 Å². The van der Waals surface area contributed by atoms with Gasteiger partial charge in [0.15, 0.2) is 0 Å². The zero-order valence-electron chi connectivity index (χ0n) is 20.8. The summed E-state index contributed by atoms with van der Waals surface area (Å²) in [5, 5.41) is 7.50. The van der Waals surface area contributed by atoms with Crippen molar-refractivity contribution in [2.75, 3.05) is 0 Å². The third-order valence-corrected chi connectivity index (χ3v) is 9.20. The number of aromatic nitrogens is 2.